The van der Waals surface area contributed by atoms with E-state index < -0.39 is 0 Å². The van der Waals surface area contributed by atoms with E-state index in [-0.39, 0.29) is 0 Å². The van der Waals surface area contributed by atoms with Gasteiger partial charge in [0, 0.05) is 6.42 Å². The second kappa shape index (κ2) is 26.4. The Kier molecular flexibility index (Phi) is 24.5. The van der Waals surface area contributed by atoms with Gasteiger partial charge in [-0.15, -0.1) is 0 Å². The van der Waals surface area contributed by atoms with E-state index in [4.69, 9.17) is 0 Å². The third kappa shape index (κ3) is 19.3. The monoisotopic (exact) mass is 532 g/mol. The van der Waals surface area contributed by atoms with Crippen LogP contribution in [0.15, 0.2) is 12.4 Å². The Labute approximate surface area is 240 Å². The van der Waals surface area contributed by atoms with Crippen LogP contribution in [0.2, 0.25) is 0 Å². The van der Waals surface area contributed by atoms with Crippen molar-refractivity contribution in [2.24, 2.45) is 0 Å². The number of aromatic nitrogens is 2. The Morgan fingerprint density at radius 1 is 0.500 bits per heavy atom. The van der Waals surface area contributed by atoms with Crippen molar-refractivity contribution in [1.29, 1.82) is 0 Å². The molecular weight excluding hydrogens is 460 g/mol. The predicted molar refractivity (Wildman–Crippen MR) is 170 cm³/mol. The van der Waals surface area contributed by atoms with Gasteiger partial charge in [-0.25, -0.2) is 9.13 Å². The standard InChI is InChI=1S/C36H71N2/c1-5-7-9-11-13-15-17-19-21-23-25-27-29-31-36-37(33-34-38(36)35(3)4)32-30-28-26-24-22-20-18-16-14-12-10-8-6-2/h33-35H,5-32H2,1-4H3/q+1. The smallest absolute Gasteiger partial charge is 0.234 e. The zero-order valence-electron chi connectivity index (χ0n) is 26.9. The lowest BCUT2D eigenvalue weighted by atomic mass is 10.0. The van der Waals surface area contributed by atoms with E-state index in [1.807, 2.05) is 0 Å². The fourth-order valence-corrected chi connectivity index (χ4v) is 6.02. The van der Waals surface area contributed by atoms with Gasteiger partial charge in [-0.05, 0) is 33.1 Å². The summed E-state index contributed by atoms with van der Waals surface area (Å²) in [7, 11) is 0. The maximum absolute atomic E-state index is 2.58. The molecule has 0 unspecified atom stereocenters. The Hall–Kier alpha value is -0.790. The highest BCUT2D eigenvalue weighted by atomic mass is 15.2. The fraction of sp³-hybridized carbons (Fsp3) is 0.917. The molecule has 0 fully saturated rings. The van der Waals surface area contributed by atoms with Crippen molar-refractivity contribution in [3.8, 4) is 0 Å². The molecule has 0 aliphatic heterocycles. The van der Waals surface area contributed by atoms with Crippen LogP contribution in [0, 0.1) is 0 Å². The van der Waals surface area contributed by atoms with Crippen LogP contribution < -0.4 is 4.57 Å². The molecule has 0 spiro atoms. The van der Waals surface area contributed by atoms with Crippen LogP contribution in [0.5, 0.6) is 0 Å². The molecule has 0 aliphatic carbocycles. The van der Waals surface area contributed by atoms with Crippen molar-refractivity contribution < 1.29 is 4.57 Å². The van der Waals surface area contributed by atoms with Crippen molar-refractivity contribution in [3.63, 3.8) is 0 Å². The highest BCUT2D eigenvalue weighted by molar-refractivity contribution is 4.86. The summed E-state index contributed by atoms with van der Waals surface area (Å²) in [6, 6.07) is 0.569. The molecule has 1 heterocycles. The average Bonchev–Trinajstić information content (AvgIpc) is 3.32. The first-order valence-electron chi connectivity index (χ1n) is 17.8. The van der Waals surface area contributed by atoms with Gasteiger partial charge in [0.2, 0.25) is 0 Å². The average molecular weight is 532 g/mol. The quantitative estimate of drug-likeness (QED) is 0.0717. The van der Waals surface area contributed by atoms with Gasteiger partial charge in [-0.1, -0.05) is 162 Å². The predicted octanol–water partition coefficient (Wildman–Crippen LogP) is 12.1. The second-order valence-electron chi connectivity index (χ2n) is 12.6. The van der Waals surface area contributed by atoms with Gasteiger partial charge < -0.3 is 0 Å². The highest BCUT2D eigenvalue weighted by Crippen LogP contribution is 2.16. The third-order valence-electron chi connectivity index (χ3n) is 8.60. The molecule has 0 amide bonds. The van der Waals surface area contributed by atoms with Crippen molar-refractivity contribution in [3.05, 3.63) is 18.2 Å². The number of unbranched alkanes of at least 4 members (excludes halogenated alkanes) is 24. The fourth-order valence-electron chi connectivity index (χ4n) is 6.02. The zero-order valence-corrected chi connectivity index (χ0v) is 26.9. The van der Waals surface area contributed by atoms with E-state index in [2.05, 4.69) is 49.2 Å². The molecule has 0 radical (unpaired) electrons. The highest BCUT2D eigenvalue weighted by Gasteiger charge is 2.18. The van der Waals surface area contributed by atoms with Crippen LogP contribution in [0.3, 0.4) is 0 Å². The van der Waals surface area contributed by atoms with Crippen LogP contribution in [0.4, 0.5) is 0 Å². The van der Waals surface area contributed by atoms with E-state index in [1.165, 1.54) is 180 Å². The zero-order chi connectivity index (χ0) is 27.5. The molecular formula is C36H71N2+. The van der Waals surface area contributed by atoms with E-state index in [0.717, 1.165) is 0 Å². The molecule has 2 heteroatoms. The van der Waals surface area contributed by atoms with Crippen LogP contribution in [0.1, 0.15) is 207 Å². The second-order valence-corrected chi connectivity index (χ2v) is 12.6. The van der Waals surface area contributed by atoms with E-state index >= 15 is 0 Å². The normalized spacial score (nSPS) is 11.7. The van der Waals surface area contributed by atoms with Crippen LogP contribution in [-0.4, -0.2) is 4.57 Å². The summed E-state index contributed by atoms with van der Waals surface area (Å²) in [4.78, 5) is 0. The topological polar surface area (TPSA) is 8.81 Å². The van der Waals surface area contributed by atoms with Crippen molar-refractivity contribution in [2.75, 3.05) is 0 Å². The van der Waals surface area contributed by atoms with E-state index in [1.54, 1.807) is 5.82 Å². The molecule has 0 aliphatic rings. The van der Waals surface area contributed by atoms with Crippen molar-refractivity contribution >= 4 is 0 Å². The molecule has 2 nitrogen and oxygen atoms in total. The third-order valence-corrected chi connectivity index (χ3v) is 8.60. The maximum atomic E-state index is 2.58. The molecule has 0 aromatic carbocycles. The Morgan fingerprint density at radius 2 is 0.842 bits per heavy atom. The lowest BCUT2D eigenvalue weighted by Crippen LogP contribution is -2.37. The summed E-state index contributed by atoms with van der Waals surface area (Å²) in [5, 5.41) is 0. The summed E-state index contributed by atoms with van der Waals surface area (Å²) in [6.45, 7) is 10.5. The van der Waals surface area contributed by atoms with E-state index in [9.17, 15) is 0 Å². The van der Waals surface area contributed by atoms with Crippen molar-refractivity contribution in [2.45, 2.75) is 214 Å². The van der Waals surface area contributed by atoms with Crippen LogP contribution in [-0.2, 0) is 13.0 Å². The molecule has 1 aromatic heterocycles. The lowest BCUT2D eigenvalue weighted by molar-refractivity contribution is -0.704. The van der Waals surface area contributed by atoms with Gasteiger partial charge in [-0.2, -0.15) is 0 Å². The SMILES string of the molecule is CCCCCCCCCCCCCCCc1n(C(C)C)cc[n+]1CCCCCCCCCCCCCCC. The number of imidazole rings is 1. The van der Waals surface area contributed by atoms with Gasteiger partial charge in [0.15, 0.2) is 0 Å². The molecule has 0 bridgehead atoms. The minimum Gasteiger partial charge on any atom is -0.234 e. The van der Waals surface area contributed by atoms with Crippen LogP contribution in [0.25, 0.3) is 0 Å². The summed E-state index contributed by atoms with van der Waals surface area (Å²) in [5.41, 5.74) is 0. The Morgan fingerprint density at radius 3 is 1.21 bits per heavy atom. The first kappa shape index (κ1) is 35.2. The van der Waals surface area contributed by atoms with Crippen LogP contribution >= 0.6 is 0 Å². The molecule has 0 atom stereocenters. The number of rotatable bonds is 29. The van der Waals surface area contributed by atoms with E-state index in [0.29, 0.717) is 6.04 Å². The molecule has 1 aromatic rings. The Balaban J connectivity index is 2.08. The molecule has 224 valence electrons. The van der Waals surface area contributed by atoms with Gasteiger partial charge in [0.25, 0.3) is 5.82 Å². The minimum atomic E-state index is 0.569. The summed E-state index contributed by atoms with van der Waals surface area (Å²) >= 11 is 0. The first-order valence-corrected chi connectivity index (χ1v) is 17.8. The molecule has 0 saturated carbocycles. The molecule has 38 heavy (non-hydrogen) atoms. The number of nitrogens with zero attached hydrogens (tertiary/aromatic N) is 2. The molecule has 0 saturated heterocycles. The Bertz CT molecular complexity index is 602. The molecule has 1 rings (SSSR count). The first-order chi connectivity index (χ1) is 18.7. The number of hydrogen-bond donors (Lipinski definition) is 0. The van der Waals surface area contributed by atoms with Gasteiger partial charge in [0.1, 0.15) is 12.4 Å². The summed E-state index contributed by atoms with van der Waals surface area (Å²) < 4.78 is 5.11. The lowest BCUT2D eigenvalue weighted by Gasteiger charge is -2.08. The van der Waals surface area contributed by atoms with Gasteiger partial charge in [0.05, 0.1) is 12.6 Å². The van der Waals surface area contributed by atoms with Gasteiger partial charge >= 0.3 is 0 Å². The molecule has 0 N–H and O–H groups in total. The van der Waals surface area contributed by atoms with Crippen molar-refractivity contribution in [1.82, 2.24) is 4.57 Å². The summed E-state index contributed by atoms with van der Waals surface area (Å²) in [6.07, 6.45) is 43.2. The van der Waals surface area contributed by atoms with Gasteiger partial charge in [-0.3, -0.25) is 0 Å². The minimum absolute atomic E-state index is 0.569. The largest absolute Gasteiger partial charge is 0.256 e. The number of aryl methyl sites for hydroxylation is 1. The maximum Gasteiger partial charge on any atom is 0.256 e. The number of hydrogen-bond acceptors (Lipinski definition) is 0. The summed E-state index contributed by atoms with van der Waals surface area (Å²) in [5.74, 6) is 1.57.